The van der Waals surface area contributed by atoms with Crippen LogP contribution in [0.3, 0.4) is 0 Å². The molecule has 0 fully saturated rings. The van der Waals surface area contributed by atoms with Crippen LogP contribution < -0.4 is 10.3 Å². The fourth-order valence-electron chi connectivity index (χ4n) is 2.36. The molecule has 1 aromatic heterocycles. The third-order valence-electron chi connectivity index (χ3n) is 3.19. The maximum absolute atomic E-state index is 13.4. The van der Waals surface area contributed by atoms with E-state index in [0.29, 0.717) is 33.5 Å². The molecule has 92 valence electrons. The number of nitrogens with zero attached hydrogens (tertiary/aromatic N) is 1. The van der Waals surface area contributed by atoms with E-state index in [1.807, 2.05) is 0 Å². The Hall–Kier alpha value is -2.69. The molecule has 0 radical (unpaired) electrons. The standard InChI is InChI=1S/C14H7FN2O2/c15-7-4-5-10-9(6-7)13-12-8(14(18)17-16-13)2-1-3-11(12)19-10/h1-6H,(H,17,18). The molecular formula is C14H7FN2O2. The number of ether oxygens (including phenoxy) is 1. The van der Waals surface area contributed by atoms with Crippen molar-refractivity contribution in [3.63, 3.8) is 0 Å². The largest absolute Gasteiger partial charge is 0.456 e. The van der Waals surface area contributed by atoms with Gasteiger partial charge in [0, 0.05) is 5.56 Å². The lowest BCUT2D eigenvalue weighted by Crippen LogP contribution is -2.12. The van der Waals surface area contributed by atoms with Crippen LogP contribution >= 0.6 is 0 Å². The van der Waals surface area contributed by atoms with Crippen molar-refractivity contribution in [2.75, 3.05) is 0 Å². The van der Waals surface area contributed by atoms with Gasteiger partial charge in [-0.2, -0.15) is 5.10 Å². The average molecular weight is 254 g/mol. The first kappa shape index (κ1) is 10.3. The molecule has 0 saturated heterocycles. The van der Waals surface area contributed by atoms with Gasteiger partial charge in [0.1, 0.15) is 23.0 Å². The predicted molar refractivity (Wildman–Crippen MR) is 67.8 cm³/mol. The first-order chi connectivity index (χ1) is 9.24. The topological polar surface area (TPSA) is 55.0 Å². The quantitative estimate of drug-likeness (QED) is 0.525. The monoisotopic (exact) mass is 254 g/mol. The van der Waals surface area contributed by atoms with Crippen molar-refractivity contribution in [1.82, 2.24) is 10.2 Å². The van der Waals surface area contributed by atoms with Gasteiger partial charge in [0.15, 0.2) is 0 Å². The van der Waals surface area contributed by atoms with Gasteiger partial charge < -0.3 is 4.74 Å². The van der Waals surface area contributed by atoms with Crippen LogP contribution in [-0.2, 0) is 0 Å². The van der Waals surface area contributed by atoms with Gasteiger partial charge in [0.25, 0.3) is 5.56 Å². The molecule has 0 atom stereocenters. The summed E-state index contributed by atoms with van der Waals surface area (Å²) in [5, 5.41) is 7.57. The molecule has 2 aromatic carbocycles. The Morgan fingerprint density at radius 2 is 2.05 bits per heavy atom. The Balaban J connectivity index is 2.22. The fraction of sp³-hybridized carbons (Fsp3) is 0. The molecule has 4 rings (SSSR count). The molecule has 1 aliphatic rings. The number of aromatic amines is 1. The zero-order chi connectivity index (χ0) is 13.0. The van der Waals surface area contributed by atoms with E-state index in [1.54, 1.807) is 24.3 Å². The number of H-pyrrole nitrogens is 1. The Morgan fingerprint density at radius 1 is 1.16 bits per heavy atom. The molecule has 2 heterocycles. The van der Waals surface area contributed by atoms with Crippen molar-refractivity contribution < 1.29 is 9.13 Å². The number of nitrogens with one attached hydrogen (secondary N) is 1. The molecule has 19 heavy (non-hydrogen) atoms. The van der Waals surface area contributed by atoms with Crippen molar-refractivity contribution in [1.29, 1.82) is 0 Å². The van der Waals surface area contributed by atoms with E-state index < -0.39 is 0 Å². The van der Waals surface area contributed by atoms with Crippen LogP contribution in [0.1, 0.15) is 0 Å². The van der Waals surface area contributed by atoms with Gasteiger partial charge in [-0.15, -0.1) is 0 Å². The van der Waals surface area contributed by atoms with Crippen molar-refractivity contribution in [3.05, 3.63) is 52.6 Å². The summed E-state index contributed by atoms with van der Waals surface area (Å²) >= 11 is 0. The molecule has 0 bridgehead atoms. The second-order valence-electron chi connectivity index (χ2n) is 4.32. The number of rotatable bonds is 0. The van der Waals surface area contributed by atoms with Crippen molar-refractivity contribution in [2.24, 2.45) is 0 Å². The van der Waals surface area contributed by atoms with Gasteiger partial charge in [-0.3, -0.25) is 4.79 Å². The minimum Gasteiger partial charge on any atom is -0.456 e. The van der Waals surface area contributed by atoms with Gasteiger partial charge in [0.2, 0.25) is 0 Å². The van der Waals surface area contributed by atoms with E-state index in [1.165, 1.54) is 12.1 Å². The molecule has 1 aliphatic heterocycles. The third-order valence-corrected chi connectivity index (χ3v) is 3.19. The zero-order valence-electron chi connectivity index (χ0n) is 9.61. The van der Waals surface area contributed by atoms with E-state index in [2.05, 4.69) is 10.2 Å². The first-order valence-corrected chi connectivity index (χ1v) is 5.73. The SMILES string of the molecule is O=c1[nH]nc2c3c(cccc13)Oc1ccc(F)cc1-2. The lowest BCUT2D eigenvalue weighted by atomic mass is 10.0. The van der Waals surface area contributed by atoms with E-state index in [-0.39, 0.29) is 11.4 Å². The summed E-state index contributed by atoms with van der Waals surface area (Å²) in [7, 11) is 0. The summed E-state index contributed by atoms with van der Waals surface area (Å²) in [5.41, 5.74) is 0.787. The molecule has 0 amide bonds. The number of hydrogen-bond acceptors (Lipinski definition) is 3. The van der Waals surface area contributed by atoms with Crippen LogP contribution in [0.25, 0.3) is 22.0 Å². The molecule has 0 unspecified atom stereocenters. The van der Waals surface area contributed by atoms with Gasteiger partial charge >= 0.3 is 0 Å². The number of hydrogen-bond donors (Lipinski definition) is 1. The Morgan fingerprint density at radius 3 is 2.95 bits per heavy atom. The third kappa shape index (κ3) is 1.32. The van der Waals surface area contributed by atoms with E-state index in [4.69, 9.17) is 4.74 Å². The highest BCUT2D eigenvalue weighted by Gasteiger charge is 2.22. The lowest BCUT2D eigenvalue weighted by Gasteiger charge is -2.19. The number of halogens is 1. The van der Waals surface area contributed by atoms with Crippen molar-refractivity contribution in [2.45, 2.75) is 0 Å². The summed E-state index contributed by atoms with van der Waals surface area (Å²) in [5.74, 6) is 0.717. The first-order valence-electron chi connectivity index (χ1n) is 5.73. The van der Waals surface area contributed by atoms with Crippen LogP contribution in [-0.4, -0.2) is 10.2 Å². The van der Waals surface area contributed by atoms with Crippen LogP contribution in [0.15, 0.2) is 41.2 Å². The van der Waals surface area contributed by atoms with E-state index in [9.17, 15) is 9.18 Å². The summed E-state index contributed by atoms with van der Waals surface area (Å²) in [6.07, 6.45) is 0. The highest BCUT2D eigenvalue weighted by Crippen LogP contribution is 2.44. The molecule has 0 spiro atoms. The van der Waals surface area contributed by atoms with Gasteiger partial charge in [-0.05, 0) is 30.3 Å². The Bertz CT molecular complexity index is 886. The molecule has 0 aliphatic carbocycles. The average Bonchev–Trinajstić information content (AvgIpc) is 2.42. The predicted octanol–water partition coefficient (Wildman–Crippen LogP) is 2.83. The summed E-state index contributed by atoms with van der Waals surface area (Å²) in [6, 6.07) is 9.43. The summed E-state index contributed by atoms with van der Waals surface area (Å²) < 4.78 is 19.1. The normalized spacial score (nSPS) is 12.1. The van der Waals surface area contributed by atoms with Gasteiger partial charge in [0.05, 0.1) is 10.8 Å². The summed E-state index contributed by atoms with van der Waals surface area (Å²) in [4.78, 5) is 11.8. The molecule has 3 aromatic rings. The van der Waals surface area contributed by atoms with Crippen molar-refractivity contribution in [3.8, 4) is 22.8 Å². The molecule has 0 saturated carbocycles. The minimum atomic E-state index is -0.372. The zero-order valence-corrected chi connectivity index (χ0v) is 9.61. The highest BCUT2D eigenvalue weighted by molar-refractivity contribution is 6.01. The van der Waals surface area contributed by atoms with Gasteiger partial charge in [-0.25, -0.2) is 9.49 Å². The second kappa shape index (κ2) is 3.41. The van der Waals surface area contributed by atoms with E-state index >= 15 is 0 Å². The van der Waals surface area contributed by atoms with Crippen LogP contribution in [0.4, 0.5) is 4.39 Å². The molecule has 4 nitrogen and oxygen atoms in total. The lowest BCUT2D eigenvalue weighted by molar-refractivity contribution is 0.484. The minimum absolute atomic E-state index is 0.288. The molecule has 1 N–H and O–H groups in total. The van der Waals surface area contributed by atoms with Crippen LogP contribution in [0, 0.1) is 5.82 Å². The second-order valence-corrected chi connectivity index (χ2v) is 4.32. The smallest absolute Gasteiger partial charge is 0.272 e. The molecule has 5 heteroatoms. The van der Waals surface area contributed by atoms with Crippen molar-refractivity contribution >= 4 is 10.8 Å². The highest BCUT2D eigenvalue weighted by atomic mass is 19.1. The fourth-order valence-corrected chi connectivity index (χ4v) is 2.36. The van der Waals surface area contributed by atoms with Crippen LogP contribution in [0.5, 0.6) is 11.5 Å². The maximum atomic E-state index is 13.4. The number of aromatic nitrogens is 2. The maximum Gasteiger partial charge on any atom is 0.272 e. The summed E-state index contributed by atoms with van der Waals surface area (Å²) in [6.45, 7) is 0. The van der Waals surface area contributed by atoms with Crippen LogP contribution in [0.2, 0.25) is 0 Å². The number of benzene rings is 2. The van der Waals surface area contributed by atoms with Gasteiger partial charge in [-0.1, -0.05) is 6.07 Å². The number of fused-ring (bicyclic) bond motifs is 2. The Kier molecular flexibility index (Phi) is 1.84. The van der Waals surface area contributed by atoms with E-state index in [0.717, 1.165) is 0 Å². The Labute approximate surface area is 106 Å². The molecular weight excluding hydrogens is 247 g/mol.